The molecule has 7 N–H and O–H groups in total. The van der Waals surface area contributed by atoms with Crippen molar-refractivity contribution in [3.8, 4) is 0 Å². The lowest BCUT2D eigenvalue weighted by Gasteiger charge is -2.39. The summed E-state index contributed by atoms with van der Waals surface area (Å²) in [5.74, 6) is -1.21. The summed E-state index contributed by atoms with van der Waals surface area (Å²) in [6.07, 6.45) is 13.7. The fraction of sp³-hybridized carbons (Fsp3) is 0.950. The van der Waals surface area contributed by atoms with Gasteiger partial charge in [0.2, 0.25) is 0 Å². The molecule has 56 heavy (non-hydrogen) atoms. The largest absolute Gasteiger partial charge is 0.542 e. The molecule has 2 fully saturated rings. The second-order valence-electron chi connectivity index (χ2n) is 15.8. The number of ether oxygens (including phenoxy) is 2. The smallest absolute Gasteiger partial charge is 0.378 e. The monoisotopic (exact) mass is 800 g/mol. The van der Waals surface area contributed by atoms with Crippen LogP contribution in [0.3, 0.4) is 0 Å². The van der Waals surface area contributed by atoms with Crippen molar-refractivity contribution in [2.75, 3.05) is 98.3 Å². The van der Waals surface area contributed by atoms with Crippen LogP contribution in [0.5, 0.6) is 0 Å². The molecule has 2 heterocycles. The number of aliphatic hydroxyl groups excluding tert-OH is 4. The number of aliphatic hydroxyl groups is 4. The molecule has 15 nitrogen and oxygen atoms in total. The van der Waals surface area contributed by atoms with Crippen LogP contribution in [0.25, 0.3) is 0 Å². The zero-order valence-electron chi connectivity index (χ0n) is 34.4. The Morgan fingerprint density at radius 1 is 0.607 bits per heavy atom. The van der Waals surface area contributed by atoms with Gasteiger partial charge < -0.3 is 55.2 Å². The molecule has 0 aliphatic carbocycles. The van der Waals surface area contributed by atoms with Crippen molar-refractivity contribution in [2.45, 2.75) is 146 Å². The summed E-state index contributed by atoms with van der Waals surface area (Å²) >= 11 is 0. The standard InChI is InChI=1S/C40H78BN5O10/c41-56-36(50)32-46-25-18-23-43(20-14-11-7-3-4-8-12-16-30-54-40-39(53)38(52)37(51)34(33-47)55-40)26-28-45(31-35(48)49)24-17-22-44(27-29-46)21-15-10-6-2-1-5-9-13-19-42/h34,37-40,47,51-53H,1-33,42H2,(H,48,49). The van der Waals surface area contributed by atoms with E-state index in [9.17, 15) is 35.1 Å². The van der Waals surface area contributed by atoms with Gasteiger partial charge >= 0.3 is 20.0 Å². The number of carboxylic acids is 1. The molecule has 2 aliphatic heterocycles. The van der Waals surface area contributed by atoms with E-state index in [-0.39, 0.29) is 13.1 Å². The summed E-state index contributed by atoms with van der Waals surface area (Å²) in [7, 11) is 5.22. The van der Waals surface area contributed by atoms with Crippen LogP contribution < -0.4 is 5.73 Å². The van der Waals surface area contributed by atoms with E-state index in [1.165, 1.54) is 38.5 Å². The highest BCUT2D eigenvalue weighted by Gasteiger charge is 2.43. The lowest BCUT2D eigenvalue weighted by Crippen LogP contribution is -2.59. The number of aliphatic carboxylic acids is 1. The third kappa shape index (κ3) is 23.2. The van der Waals surface area contributed by atoms with E-state index < -0.39 is 49.3 Å². The topological polar surface area (TPSA) is 202 Å². The van der Waals surface area contributed by atoms with Gasteiger partial charge in [0.25, 0.3) is 0 Å². The van der Waals surface area contributed by atoms with Gasteiger partial charge in [0.15, 0.2) is 6.29 Å². The Balaban J connectivity index is 1.75. The fourth-order valence-electron chi connectivity index (χ4n) is 7.67. The van der Waals surface area contributed by atoms with Crippen LogP contribution >= 0.6 is 0 Å². The predicted octanol–water partition coefficient (Wildman–Crippen LogP) is 1.72. The number of rotatable bonds is 27. The van der Waals surface area contributed by atoms with E-state index >= 15 is 0 Å². The van der Waals surface area contributed by atoms with Crippen LogP contribution in [0.4, 0.5) is 0 Å². The first-order chi connectivity index (χ1) is 27.2. The number of carbonyl (C=O) groups excluding carboxylic acids is 1. The van der Waals surface area contributed by atoms with Crippen molar-refractivity contribution in [2.24, 2.45) is 5.73 Å². The quantitative estimate of drug-likeness (QED) is 0.0518. The van der Waals surface area contributed by atoms with Crippen LogP contribution in [-0.2, 0) is 23.7 Å². The molecule has 2 saturated heterocycles. The molecule has 0 aromatic heterocycles. The minimum absolute atomic E-state index is 0.0496. The Morgan fingerprint density at radius 2 is 1.05 bits per heavy atom. The Morgan fingerprint density at radius 3 is 1.54 bits per heavy atom. The van der Waals surface area contributed by atoms with Gasteiger partial charge in [-0.1, -0.05) is 77.0 Å². The van der Waals surface area contributed by atoms with Gasteiger partial charge in [-0.25, -0.2) is 0 Å². The molecule has 0 amide bonds. The number of unbranched alkanes of at least 4 members (excludes halogenated alkanes) is 14. The molecule has 0 aromatic carbocycles. The summed E-state index contributed by atoms with van der Waals surface area (Å²) in [5, 5.41) is 48.9. The Bertz CT molecular complexity index is 992. The highest BCUT2D eigenvalue weighted by molar-refractivity contribution is 6.05. The van der Waals surface area contributed by atoms with Gasteiger partial charge in [-0.05, 0) is 71.2 Å². The number of hydrogen-bond donors (Lipinski definition) is 6. The van der Waals surface area contributed by atoms with Crippen molar-refractivity contribution in [1.29, 1.82) is 0 Å². The van der Waals surface area contributed by atoms with E-state index in [0.717, 1.165) is 142 Å². The number of nitrogens with zero attached hydrogens (tertiary/aromatic N) is 4. The van der Waals surface area contributed by atoms with Crippen molar-refractivity contribution in [3.63, 3.8) is 0 Å². The SMILES string of the molecule is [B]OC(=O)CN1CCCN(CCCCCCCCCCOC2OC(CO)C(O)C(O)C2O)CCN(CC(=O)O)CCCN(CCCCCCCCCCN)CC1. The molecule has 5 atom stereocenters. The van der Waals surface area contributed by atoms with Crippen LogP contribution in [0.15, 0.2) is 0 Å². The Kier molecular flexibility index (Phi) is 29.4. The molecule has 0 spiro atoms. The van der Waals surface area contributed by atoms with Crippen molar-refractivity contribution in [3.05, 3.63) is 0 Å². The van der Waals surface area contributed by atoms with E-state index in [0.29, 0.717) is 13.2 Å². The third-order valence-corrected chi connectivity index (χ3v) is 11.1. The molecule has 16 heteroatoms. The zero-order chi connectivity index (χ0) is 40.8. The maximum atomic E-state index is 12.2. The van der Waals surface area contributed by atoms with Gasteiger partial charge in [-0.15, -0.1) is 0 Å². The molecular weight excluding hydrogens is 721 g/mol. The minimum atomic E-state index is -1.43. The van der Waals surface area contributed by atoms with Gasteiger partial charge in [-0.3, -0.25) is 19.4 Å². The first-order valence-corrected chi connectivity index (χ1v) is 21.8. The second kappa shape index (κ2) is 32.4. The van der Waals surface area contributed by atoms with Crippen LogP contribution in [-0.4, -0.2) is 194 Å². The van der Waals surface area contributed by atoms with Gasteiger partial charge in [-0.2, -0.15) is 0 Å². The van der Waals surface area contributed by atoms with Gasteiger partial charge in [0.1, 0.15) is 24.4 Å². The fourth-order valence-corrected chi connectivity index (χ4v) is 7.67. The van der Waals surface area contributed by atoms with Crippen molar-refractivity contribution in [1.82, 2.24) is 19.6 Å². The van der Waals surface area contributed by atoms with Crippen molar-refractivity contribution < 1.29 is 49.2 Å². The number of nitrogens with two attached hydrogens (primary N) is 1. The molecule has 0 aromatic rings. The highest BCUT2D eigenvalue weighted by atomic mass is 16.7. The summed E-state index contributed by atoms with van der Waals surface area (Å²) in [6, 6.07) is 0. The molecular formula is C40H78BN5O10. The molecule has 5 unspecified atom stereocenters. The molecule has 2 rings (SSSR count). The molecule has 2 aliphatic rings. The molecule has 0 saturated carbocycles. The molecule has 0 bridgehead atoms. The average molecular weight is 800 g/mol. The van der Waals surface area contributed by atoms with Crippen molar-refractivity contribution >= 4 is 20.0 Å². The van der Waals surface area contributed by atoms with E-state index in [4.69, 9.17) is 23.3 Å². The molecule has 2 radical (unpaired) electrons. The van der Waals surface area contributed by atoms with E-state index in [2.05, 4.69) is 24.3 Å². The number of carboxylic acid groups (broad SMARTS) is 1. The summed E-state index contributed by atoms with van der Waals surface area (Å²) < 4.78 is 15.5. The van der Waals surface area contributed by atoms with Crippen LogP contribution in [0, 0.1) is 0 Å². The second-order valence-corrected chi connectivity index (χ2v) is 15.8. The van der Waals surface area contributed by atoms with E-state index in [1.807, 2.05) is 0 Å². The number of carbonyl (C=O) groups is 2. The zero-order valence-corrected chi connectivity index (χ0v) is 34.4. The first kappa shape index (κ1) is 50.7. The molecule has 326 valence electrons. The summed E-state index contributed by atoms with van der Waals surface area (Å²) in [5.41, 5.74) is 5.60. The maximum absolute atomic E-state index is 12.2. The minimum Gasteiger partial charge on any atom is -0.542 e. The Labute approximate surface area is 338 Å². The van der Waals surface area contributed by atoms with E-state index in [1.54, 1.807) is 0 Å². The lowest BCUT2D eigenvalue weighted by molar-refractivity contribution is -0.301. The van der Waals surface area contributed by atoms with Gasteiger partial charge in [0.05, 0.1) is 19.7 Å². The lowest BCUT2D eigenvalue weighted by atomic mass is 9.99. The maximum Gasteiger partial charge on any atom is 0.378 e. The Hall–Kier alpha value is -1.44. The number of hydrogen-bond acceptors (Lipinski definition) is 14. The summed E-state index contributed by atoms with van der Waals surface area (Å²) in [6.45, 7) is 9.20. The normalized spacial score (nSPS) is 24.6. The average Bonchev–Trinajstić information content (AvgIpc) is 3.18. The first-order valence-electron chi connectivity index (χ1n) is 21.8. The van der Waals surface area contributed by atoms with Crippen LogP contribution in [0.1, 0.15) is 116 Å². The van der Waals surface area contributed by atoms with Crippen LogP contribution in [0.2, 0.25) is 0 Å². The highest BCUT2D eigenvalue weighted by Crippen LogP contribution is 2.22. The van der Waals surface area contributed by atoms with Gasteiger partial charge in [0, 0.05) is 45.9 Å². The predicted molar refractivity (Wildman–Crippen MR) is 217 cm³/mol. The summed E-state index contributed by atoms with van der Waals surface area (Å²) in [4.78, 5) is 33.1. The third-order valence-electron chi connectivity index (χ3n) is 11.1.